The van der Waals surface area contributed by atoms with E-state index in [4.69, 9.17) is 4.74 Å². The number of anilines is 1. The van der Waals surface area contributed by atoms with Crippen LogP contribution in [0.25, 0.3) is 10.1 Å². The lowest BCUT2D eigenvalue weighted by Crippen LogP contribution is -2.30. The van der Waals surface area contributed by atoms with E-state index in [1.807, 2.05) is 63.2 Å². The van der Waals surface area contributed by atoms with Crippen LogP contribution >= 0.6 is 11.3 Å². The minimum absolute atomic E-state index is 0.338. The van der Waals surface area contributed by atoms with Crippen molar-refractivity contribution in [3.05, 3.63) is 64.0 Å². The van der Waals surface area contributed by atoms with Gasteiger partial charge < -0.3 is 10.1 Å². The quantitative estimate of drug-likeness (QED) is 0.660. The lowest BCUT2D eigenvalue weighted by molar-refractivity contribution is -0.123. The van der Waals surface area contributed by atoms with Crippen molar-refractivity contribution in [2.24, 2.45) is 0 Å². The zero-order valence-corrected chi connectivity index (χ0v) is 16.1. The molecule has 2 aromatic carbocycles. The number of amides is 1. The van der Waals surface area contributed by atoms with Crippen LogP contribution in [0.4, 0.5) is 5.69 Å². The van der Waals surface area contributed by atoms with E-state index in [0.29, 0.717) is 4.88 Å². The van der Waals surface area contributed by atoms with Crippen LogP contribution in [0.5, 0.6) is 0 Å². The predicted molar refractivity (Wildman–Crippen MR) is 106 cm³/mol. The number of ether oxygens (including phenoxy) is 1. The average molecular weight is 367 g/mol. The second kappa shape index (κ2) is 7.30. The average Bonchev–Trinajstić information content (AvgIpc) is 2.95. The maximum atomic E-state index is 12.5. The Bertz CT molecular complexity index is 970. The number of hydrogen-bond donors (Lipinski definition) is 1. The van der Waals surface area contributed by atoms with Gasteiger partial charge in [0.1, 0.15) is 4.88 Å². The monoisotopic (exact) mass is 367 g/mol. The molecule has 0 fully saturated rings. The fourth-order valence-corrected chi connectivity index (χ4v) is 3.97. The fraction of sp³-hybridized carbons (Fsp3) is 0.238. The first kappa shape index (κ1) is 18.1. The molecule has 4 nitrogen and oxygen atoms in total. The van der Waals surface area contributed by atoms with Gasteiger partial charge in [0.25, 0.3) is 5.91 Å². The van der Waals surface area contributed by atoms with Gasteiger partial charge in [0.2, 0.25) is 0 Å². The summed E-state index contributed by atoms with van der Waals surface area (Å²) >= 11 is 1.39. The molecule has 1 atom stereocenters. The molecule has 0 aliphatic heterocycles. The number of carbonyl (C=O) groups is 2. The molecule has 1 aromatic heterocycles. The number of benzene rings is 2. The highest BCUT2D eigenvalue weighted by Crippen LogP contribution is 2.31. The second-order valence-electron chi connectivity index (χ2n) is 6.36. The van der Waals surface area contributed by atoms with Gasteiger partial charge in [0, 0.05) is 10.4 Å². The lowest BCUT2D eigenvalue weighted by Gasteiger charge is -2.16. The zero-order valence-electron chi connectivity index (χ0n) is 15.3. The Morgan fingerprint density at radius 2 is 1.65 bits per heavy atom. The van der Waals surface area contributed by atoms with E-state index >= 15 is 0 Å². The summed E-state index contributed by atoms with van der Waals surface area (Å²) in [4.78, 5) is 25.5. The van der Waals surface area contributed by atoms with Crippen molar-refractivity contribution in [3.8, 4) is 0 Å². The molecule has 3 rings (SSSR count). The number of hydrogen-bond acceptors (Lipinski definition) is 4. The van der Waals surface area contributed by atoms with Crippen LogP contribution in [-0.2, 0) is 9.53 Å². The molecule has 0 aliphatic carbocycles. The van der Waals surface area contributed by atoms with Crippen LogP contribution in [0.15, 0.2) is 42.5 Å². The normalized spacial score (nSPS) is 12.0. The first-order chi connectivity index (χ1) is 12.4. The standard InChI is InChI=1S/C21H21NO3S/c1-12-8-7-9-13(2)18(12)22-20(23)15(4)25-21(24)19-14(3)16-10-5-6-11-17(16)26-19/h5-11,15H,1-4H3,(H,22,23)/t15-/m1/s1. The number of thiophene rings is 1. The van der Waals surface area contributed by atoms with Crippen LogP contribution in [0.1, 0.15) is 33.3 Å². The largest absolute Gasteiger partial charge is 0.448 e. The van der Waals surface area contributed by atoms with Crippen molar-refractivity contribution >= 4 is 39.0 Å². The van der Waals surface area contributed by atoms with Gasteiger partial charge in [-0.15, -0.1) is 11.3 Å². The Morgan fingerprint density at radius 1 is 1.00 bits per heavy atom. The summed E-state index contributed by atoms with van der Waals surface area (Å²) in [6.45, 7) is 7.35. The summed E-state index contributed by atoms with van der Waals surface area (Å²) in [6.07, 6.45) is -0.883. The highest BCUT2D eigenvalue weighted by atomic mass is 32.1. The minimum Gasteiger partial charge on any atom is -0.448 e. The van der Waals surface area contributed by atoms with Gasteiger partial charge in [-0.1, -0.05) is 36.4 Å². The second-order valence-corrected chi connectivity index (χ2v) is 7.41. The Balaban J connectivity index is 1.74. The molecule has 5 heteroatoms. The Kier molecular flexibility index (Phi) is 5.09. The highest BCUT2D eigenvalue weighted by Gasteiger charge is 2.23. The molecule has 3 aromatic rings. The molecule has 0 bridgehead atoms. The highest BCUT2D eigenvalue weighted by molar-refractivity contribution is 7.21. The Labute approximate surface area is 156 Å². The van der Waals surface area contributed by atoms with Crippen LogP contribution < -0.4 is 5.32 Å². The molecule has 0 unspecified atom stereocenters. The number of esters is 1. The smallest absolute Gasteiger partial charge is 0.349 e. The number of fused-ring (bicyclic) bond motifs is 1. The molecule has 0 spiro atoms. The van der Waals surface area contributed by atoms with Crippen molar-refractivity contribution in [3.63, 3.8) is 0 Å². The van der Waals surface area contributed by atoms with E-state index in [1.54, 1.807) is 6.92 Å². The van der Waals surface area contributed by atoms with Gasteiger partial charge in [0.05, 0.1) is 0 Å². The van der Waals surface area contributed by atoms with Gasteiger partial charge in [-0.05, 0) is 55.8 Å². The molecule has 0 saturated heterocycles. The van der Waals surface area contributed by atoms with Crippen LogP contribution in [0.2, 0.25) is 0 Å². The molecular formula is C21H21NO3S. The molecule has 26 heavy (non-hydrogen) atoms. The number of aryl methyl sites for hydroxylation is 3. The molecule has 0 aliphatic rings. The van der Waals surface area contributed by atoms with Gasteiger partial charge in [-0.25, -0.2) is 4.79 Å². The van der Waals surface area contributed by atoms with E-state index in [9.17, 15) is 9.59 Å². The summed E-state index contributed by atoms with van der Waals surface area (Å²) in [7, 11) is 0. The maximum Gasteiger partial charge on any atom is 0.349 e. The first-order valence-corrected chi connectivity index (χ1v) is 9.26. The third kappa shape index (κ3) is 3.48. The van der Waals surface area contributed by atoms with Crippen molar-refractivity contribution in [1.82, 2.24) is 0 Å². The number of carbonyl (C=O) groups excluding carboxylic acids is 2. The summed E-state index contributed by atoms with van der Waals surface area (Å²) in [5, 5.41) is 3.90. The zero-order chi connectivity index (χ0) is 18.8. The van der Waals surface area contributed by atoms with E-state index in [1.165, 1.54) is 11.3 Å². The summed E-state index contributed by atoms with van der Waals surface area (Å²) in [5.41, 5.74) is 3.59. The SMILES string of the molecule is Cc1cccc(C)c1NC(=O)[C@@H](C)OC(=O)c1sc2ccccc2c1C. The van der Waals surface area contributed by atoms with E-state index in [0.717, 1.165) is 32.5 Å². The molecule has 1 N–H and O–H groups in total. The number of rotatable bonds is 4. The van der Waals surface area contributed by atoms with Crippen LogP contribution in [0, 0.1) is 20.8 Å². The van der Waals surface area contributed by atoms with E-state index in [2.05, 4.69) is 5.32 Å². The summed E-state index contributed by atoms with van der Waals surface area (Å²) < 4.78 is 6.45. The van der Waals surface area contributed by atoms with Crippen LogP contribution in [-0.4, -0.2) is 18.0 Å². The Hall–Kier alpha value is -2.66. The molecule has 134 valence electrons. The number of nitrogens with one attached hydrogen (secondary N) is 1. The van der Waals surface area contributed by atoms with Crippen molar-refractivity contribution < 1.29 is 14.3 Å². The fourth-order valence-electron chi connectivity index (χ4n) is 2.87. The number of para-hydroxylation sites is 1. The molecular weight excluding hydrogens is 346 g/mol. The van der Waals surface area contributed by atoms with Gasteiger partial charge in [0.15, 0.2) is 6.10 Å². The van der Waals surface area contributed by atoms with E-state index < -0.39 is 12.1 Å². The van der Waals surface area contributed by atoms with Crippen molar-refractivity contribution in [2.75, 3.05) is 5.32 Å². The van der Waals surface area contributed by atoms with Gasteiger partial charge in [-0.2, -0.15) is 0 Å². The third-order valence-corrected chi connectivity index (χ3v) is 5.66. The third-order valence-electron chi connectivity index (χ3n) is 4.41. The molecule has 0 radical (unpaired) electrons. The summed E-state index contributed by atoms with van der Waals surface area (Å²) in [5.74, 6) is -0.803. The lowest BCUT2D eigenvalue weighted by atomic mass is 10.1. The summed E-state index contributed by atoms with van der Waals surface area (Å²) in [6, 6.07) is 13.6. The van der Waals surface area contributed by atoms with Gasteiger partial charge in [-0.3, -0.25) is 4.79 Å². The molecule has 1 heterocycles. The van der Waals surface area contributed by atoms with Gasteiger partial charge >= 0.3 is 5.97 Å². The topological polar surface area (TPSA) is 55.4 Å². The predicted octanol–water partition coefficient (Wildman–Crippen LogP) is 5.01. The maximum absolute atomic E-state index is 12.5. The molecule has 0 saturated carbocycles. The Morgan fingerprint density at radius 3 is 2.31 bits per heavy atom. The van der Waals surface area contributed by atoms with Crippen molar-refractivity contribution in [1.29, 1.82) is 0 Å². The van der Waals surface area contributed by atoms with Crippen molar-refractivity contribution in [2.45, 2.75) is 33.8 Å². The first-order valence-electron chi connectivity index (χ1n) is 8.44. The minimum atomic E-state index is -0.883. The van der Waals surface area contributed by atoms with E-state index in [-0.39, 0.29) is 5.91 Å². The molecule has 1 amide bonds. The van der Waals surface area contributed by atoms with Crippen LogP contribution in [0.3, 0.4) is 0 Å².